The number of carbonyl (C=O) groups is 1. The zero-order valence-electron chi connectivity index (χ0n) is 16.3. The van der Waals surface area contributed by atoms with Gasteiger partial charge in [0.05, 0.1) is 24.9 Å². The van der Waals surface area contributed by atoms with E-state index in [9.17, 15) is 4.79 Å². The van der Waals surface area contributed by atoms with Crippen molar-refractivity contribution in [3.63, 3.8) is 0 Å². The van der Waals surface area contributed by atoms with E-state index in [4.69, 9.17) is 21.1 Å². The van der Waals surface area contributed by atoms with Crippen molar-refractivity contribution in [3.05, 3.63) is 76.4 Å². The second-order valence-electron chi connectivity index (χ2n) is 6.69. The van der Waals surface area contributed by atoms with E-state index in [1.54, 1.807) is 37.4 Å². The van der Waals surface area contributed by atoms with E-state index in [0.717, 1.165) is 11.1 Å². The van der Waals surface area contributed by atoms with Gasteiger partial charge in [0.15, 0.2) is 0 Å². The van der Waals surface area contributed by atoms with Crippen LogP contribution in [0.1, 0.15) is 27.7 Å². The Morgan fingerprint density at radius 1 is 1.07 bits per heavy atom. The minimum Gasteiger partial charge on any atom is -0.495 e. The van der Waals surface area contributed by atoms with Gasteiger partial charge in [-0.2, -0.15) is 0 Å². The minimum atomic E-state index is -0.465. The minimum absolute atomic E-state index is 0.118. The van der Waals surface area contributed by atoms with Crippen molar-refractivity contribution in [2.75, 3.05) is 24.4 Å². The quantitative estimate of drug-likeness (QED) is 0.653. The summed E-state index contributed by atoms with van der Waals surface area (Å²) < 4.78 is 10.8. The average molecular weight is 410 g/mol. The van der Waals surface area contributed by atoms with Crippen LogP contribution >= 0.6 is 11.6 Å². The molecule has 1 aromatic heterocycles. The lowest BCUT2D eigenvalue weighted by atomic mass is 10.1. The predicted octanol–water partition coefficient (Wildman–Crippen LogP) is 4.83. The van der Waals surface area contributed by atoms with Gasteiger partial charge in [-0.15, -0.1) is 0 Å². The summed E-state index contributed by atoms with van der Waals surface area (Å²) in [5.74, 6) is 1.51. The van der Waals surface area contributed by atoms with E-state index in [0.29, 0.717) is 33.6 Å². The average Bonchev–Trinajstić information content (AvgIpc) is 3.01. The molecule has 1 amide bonds. The first-order chi connectivity index (χ1) is 14.0. The predicted molar refractivity (Wildman–Crippen MR) is 113 cm³/mol. The van der Waals surface area contributed by atoms with Crippen LogP contribution < -0.4 is 19.7 Å². The lowest BCUT2D eigenvalue weighted by molar-refractivity contribution is 0.0992. The Hall–Kier alpha value is -3.25. The number of benzene rings is 2. The van der Waals surface area contributed by atoms with Gasteiger partial charge >= 0.3 is 0 Å². The molecule has 2 aromatic carbocycles. The van der Waals surface area contributed by atoms with Crippen LogP contribution in [0.4, 0.5) is 11.5 Å². The molecule has 3 aromatic rings. The molecule has 0 spiro atoms. The van der Waals surface area contributed by atoms with Gasteiger partial charge in [-0.1, -0.05) is 35.9 Å². The van der Waals surface area contributed by atoms with Gasteiger partial charge in [-0.05, 0) is 30.7 Å². The molecule has 7 heteroatoms. The van der Waals surface area contributed by atoms with Crippen LogP contribution in [0.25, 0.3) is 0 Å². The summed E-state index contributed by atoms with van der Waals surface area (Å²) in [7, 11) is 3.12. The van der Waals surface area contributed by atoms with E-state index in [1.165, 1.54) is 0 Å². The van der Waals surface area contributed by atoms with E-state index in [1.807, 2.05) is 43.3 Å². The molecular weight excluding hydrogens is 390 g/mol. The van der Waals surface area contributed by atoms with Gasteiger partial charge in [0.1, 0.15) is 23.5 Å². The SMILES string of the molecule is COc1cc(OC)c(N[C@H]2c3ccccc3C(=O)N2c2ccc(C)cn2)cc1Cl. The van der Waals surface area contributed by atoms with E-state index >= 15 is 0 Å². The third kappa shape index (κ3) is 3.36. The summed E-state index contributed by atoms with van der Waals surface area (Å²) >= 11 is 6.33. The van der Waals surface area contributed by atoms with Crippen LogP contribution in [0.5, 0.6) is 11.5 Å². The number of pyridine rings is 1. The monoisotopic (exact) mass is 409 g/mol. The summed E-state index contributed by atoms with van der Waals surface area (Å²) in [6.45, 7) is 1.96. The molecule has 0 radical (unpaired) electrons. The van der Waals surface area contributed by atoms with Crippen LogP contribution in [0.2, 0.25) is 5.02 Å². The molecule has 0 saturated heterocycles. The molecule has 1 aliphatic rings. The highest BCUT2D eigenvalue weighted by Crippen LogP contribution is 2.41. The number of aryl methyl sites for hydroxylation is 1. The Balaban J connectivity index is 1.80. The molecule has 6 nitrogen and oxygen atoms in total. The summed E-state index contributed by atoms with van der Waals surface area (Å²) in [6.07, 6.45) is 1.28. The van der Waals surface area contributed by atoms with Crippen molar-refractivity contribution in [2.24, 2.45) is 0 Å². The fraction of sp³-hybridized carbons (Fsp3) is 0.182. The highest BCUT2D eigenvalue weighted by atomic mass is 35.5. The van der Waals surface area contributed by atoms with Crippen molar-refractivity contribution in [1.82, 2.24) is 4.98 Å². The molecule has 0 unspecified atom stereocenters. The molecule has 2 heterocycles. The van der Waals surface area contributed by atoms with Crippen LogP contribution in [0.3, 0.4) is 0 Å². The number of ether oxygens (including phenoxy) is 2. The van der Waals surface area contributed by atoms with Crippen LogP contribution in [-0.4, -0.2) is 25.1 Å². The Bertz CT molecular complexity index is 1070. The normalized spacial score (nSPS) is 15.2. The molecule has 1 atom stereocenters. The van der Waals surface area contributed by atoms with Gasteiger partial charge < -0.3 is 14.8 Å². The smallest absolute Gasteiger partial charge is 0.261 e. The number of aromatic nitrogens is 1. The van der Waals surface area contributed by atoms with E-state index in [2.05, 4.69) is 10.3 Å². The number of hydrogen-bond acceptors (Lipinski definition) is 5. The highest BCUT2D eigenvalue weighted by Gasteiger charge is 2.38. The van der Waals surface area contributed by atoms with Crippen LogP contribution in [0.15, 0.2) is 54.7 Å². The Morgan fingerprint density at radius 2 is 1.83 bits per heavy atom. The third-order valence-corrected chi connectivity index (χ3v) is 5.17. The van der Waals surface area contributed by atoms with Crippen LogP contribution in [-0.2, 0) is 0 Å². The molecule has 1 aliphatic heterocycles. The lowest BCUT2D eigenvalue weighted by Gasteiger charge is -2.27. The standard InChI is InChI=1S/C22H20ClN3O3/c1-13-8-9-20(24-12-13)26-21(14-6-4-5-7-15(14)22(26)27)25-17-10-16(23)18(28-2)11-19(17)29-3/h4-12,21,25H,1-3H3/t21-/m1/s1. The number of nitrogens with one attached hydrogen (secondary N) is 1. The highest BCUT2D eigenvalue weighted by molar-refractivity contribution is 6.32. The molecule has 29 heavy (non-hydrogen) atoms. The van der Waals surface area contributed by atoms with Crippen molar-refractivity contribution in [2.45, 2.75) is 13.1 Å². The molecule has 0 saturated carbocycles. The maximum absolute atomic E-state index is 13.2. The number of amides is 1. The first kappa shape index (κ1) is 19.1. The Morgan fingerprint density at radius 3 is 2.52 bits per heavy atom. The molecule has 0 bridgehead atoms. The maximum atomic E-state index is 13.2. The van der Waals surface area contributed by atoms with Gasteiger partial charge in [-0.25, -0.2) is 4.98 Å². The topological polar surface area (TPSA) is 63.7 Å². The fourth-order valence-electron chi connectivity index (χ4n) is 3.42. The second kappa shape index (κ2) is 7.64. The van der Waals surface area contributed by atoms with Gasteiger partial charge in [-0.3, -0.25) is 9.69 Å². The number of halogens is 1. The van der Waals surface area contributed by atoms with E-state index in [-0.39, 0.29) is 5.91 Å². The summed E-state index contributed by atoms with van der Waals surface area (Å²) in [6, 6.07) is 14.7. The zero-order chi connectivity index (χ0) is 20.5. The number of nitrogens with zero attached hydrogens (tertiary/aromatic N) is 2. The molecule has 4 rings (SSSR count). The fourth-order valence-corrected chi connectivity index (χ4v) is 3.66. The van der Waals surface area contributed by atoms with E-state index < -0.39 is 6.17 Å². The molecule has 0 fully saturated rings. The van der Waals surface area contributed by atoms with Crippen molar-refractivity contribution >= 4 is 29.0 Å². The zero-order valence-corrected chi connectivity index (χ0v) is 17.0. The molecular formula is C22H20ClN3O3. The molecule has 148 valence electrons. The number of methoxy groups -OCH3 is 2. The second-order valence-corrected chi connectivity index (χ2v) is 7.10. The largest absolute Gasteiger partial charge is 0.495 e. The molecule has 0 aliphatic carbocycles. The van der Waals surface area contributed by atoms with Gasteiger partial charge in [0, 0.05) is 23.4 Å². The maximum Gasteiger partial charge on any atom is 0.261 e. The third-order valence-electron chi connectivity index (χ3n) is 4.87. The van der Waals surface area contributed by atoms with Crippen molar-refractivity contribution in [3.8, 4) is 11.5 Å². The van der Waals surface area contributed by atoms with Crippen molar-refractivity contribution in [1.29, 1.82) is 0 Å². The lowest BCUT2D eigenvalue weighted by Crippen LogP contribution is -2.33. The Labute approximate surface area is 174 Å². The Kier molecular flexibility index (Phi) is 5.03. The first-order valence-corrected chi connectivity index (χ1v) is 9.44. The number of hydrogen-bond donors (Lipinski definition) is 1. The van der Waals surface area contributed by atoms with Gasteiger partial charge in [0.2, 0.25) is 0 Å². The molecule has 1 N–H and O–H groups in total. The first-order valence-electron chi connectivity index (χ1n) is 9.06. The number of fused-ring (bicyclic) bond motifs is 1. The number of rotatable bonds is 5. The summed E-state index contributed by atoms with van der Waals surface area (Å²) in [5, 5.41) is 3.84. The van der Waals surface area contributed by atoms with Crippen molar-refractivity contribution < 1.29 is 14.3 Å². The summed E-state index contributed by atoms with van der Waals surface area (Å²) in [5.41, 5.74) is 3.15. The number of carbonyl (C=O) groups excluding carboxylic acids is 1. The number of anilines is 2. The van der Waals surface area contributed by atoms with Crippen LogP contribution in [0, 0.1) is 6.92 Å². The summed E-state index contributed by atoms with van der Waals surface area (Å²) in [4.78, 5) is 19.3. The van der Waals surface area contributed by atoms with Gasteiger partial charge in [0.25, 0.3) is 5.91 Å².